The van der Waals surface area contributed by atoms with Crippen molar-refractivity contribution in [3.63, 3.8) is 0 Å². The molecule has 0 atom stereocenters. The lowest BCUT2D eigenvalue weighted by molar-refractivity contribution is 0.0923. The van der Waals surface area contributed by atoms with Crippen LogP contribution in [0.2, 0.25) is 0 Å². The minimum absolute atomic E-state index is 0.0483. The highest BCUT2D eigenvalue weighted by Crippen LogP contribution is 2.45. The number of amides is 2. The van der Waals surface area contributed by atoms with E-state index in [2.05, 4.69) is 15.6 Å². The molecule has 0 saturated heterocycles. The topological polar surface area (TPSA) is 106 Å². The van der Waals surface area contributed by atoms with Gasteiger partial charge >= 0.3 is 0 Å². The molecule has 40 heavy (non-hydrogen) atoms. The van der Waals surface area contributed by atoms with Crippen molar-refractivity contribution >= 4 is 22.8 Å². The van der Waals surface area contributed by atoms with Crippen LogP contribution in [0.1, 0.15) is 44.8 Å². The predicted octanol–water partition coefficient (Wildman–Crippen LogP) is 4.87. The van der Waals surface area contributed by atoms with E-state index in [1.807, 2.05) is 31.2 Å². The zero-order valence-corrected chi connectivity index (χ0v) is 21.8. The van der Waals surface area contributed by atoms with Gasteiger partial charge in [0.2, 0.25) is 0 Å². The maximum atomic E-state index is 13.4. The van der Waals surface area contributed by atoms with Gasteiger partial charge in [-0.1, -0.05) is 42.0 Å². The van der Waals surface area contributed by atoms with Crippen molar-refractivity contribution in [1.29, 1.82) is 0 Å². The summed E-state index contributed by atoms with van der Waals surface area (Å²) in [6.45, 7) is 1.97. The van der Waals surface area contributed by atoms with Gasteiger partial charge in [0, 0.05) is 29.9 Å². The zero-order chi connectivity index (χ0) is 28.0. The fourth-order valence-corrected chi connectivity index (χ4v) is 4.88. The molecule has 2 amide bonds. The lowest BCUT2D eigenvalue weighted by atomic mass is 10.0. The first-order valence-electron chi connectivity index (χ1n) is 12.8. The molecule has 0 spiro atoms. The summed E-state index contributed by atoms with van der Waals surface area (Å²) >= 11 is 0. The first-order chi connectivity index (χ1) is 19.3. The number of aryl methyl sites for hydroxylation is 1. The summed E-state index contributed by atoms with van der Waals surface area (Å²) in [5.74, 6) is -0.708. The van der Waals surface area contributed by atoms with Crippen molar-refractivity contribution in [3.8, 4) is 17.0 Å². The van der Waals surface area contributed by atoms with Crippen molar-refractivity contribution in [2.45, 2.75) is 25.3 Å². The van der Waals surface area contributed by atoms with Crippen molar-refractivity contribution in [2.24, 2.45) is 0 Å². The van der Waals surface area contributed by atoms with E-state index in [0.29, 0.717) is 40.8 Å². The molecule has 5 aromatic rings. The molecule has 2 heterocycles. The van der Waals surface area contributed by atoms with Gasteiger partial charge in [-0.2, -0.15) is 0 Å². The van der Waals surface area contributed by atoms with Crippen LogP contribution < -0.4 is 16.2 Å². The number of hydrogen-bond donors (Lipinski definition) is 2. The Balaban J connectivity index is 1.38. The van der Waals surface area contributed by atoms with E-state index < -0.39 is 17.0 Å². The molecule has 1 fully saturated rings. The van der Waals surface area contributed by atoms with Gasteiger partial charge < -0.3 is 15.1 Å². The van der Waals surface area contributed by atoms with Gasteiger partial charge in [0.25, 0.3) is 17.4 Å². The first kappa shape index (κ1) is 25.2. The second kappa shape index (κ2) is 9.60. The van der Waals surface area contributed by atoms with Crippen molar-refractivity contribution < 1.29 is 18.4 Å². The minimum Gasteiger partial charge on any atom is -0.455 e. The van der Waals surface area contributed by atoms with E-state index in [4.69, 9.17) is 4.42 Å². The number of furan rings is 1. The molecule has 0 bridgehead atoms. The van der Waals surface area contributed by atoms with Crippen LogP contribution in [0.15, 0.2) is 88.3 Å². The number of carbonyl (C=O) groups excluding carboxylic acids is 2. The molecule has 8 nitrogen and oxygen atoms in total. The number of fused-ring (bicyclic) bond motifs is 1. The Kier molecular flexibility index (Phi) is 6.06. The number of halogens is 1. The molecule has 0 unspecified atom stereocenters. The van der Waals surface area contributed by atoms with Crippen LogP contribution in [0.4, 0.5) is 4.39 Å². The maximum Gasteiger partial charge on any atom is 0.273 e. The fraction of sp³-hybridized carbons (Fsp3) is 0.161. The van der Waals surface area contributed by atoms with Crippen LogP contribution in [0.5, 0.6) is 0 Å². The van der Waals surface area contributed by atoms with E-state index in [0.717, 1.165) is 22.9 Å². The summed E-state index contributed by atoms with van der Waals surface area (Å²) in [5.41, 5.74) is 2.92. The second-order valence-corrected chi connectivity index (χ2v) is 9.96. The summed E-state index contributed by atoms with van der Waals surface area (Å²) in [6.07, 6.45) is 3.89. The smallest absolute Gasteiger partial charge is 0.273 e. The monoisotopic (exact) mass is 536 g/mol. The third-order valence-corrected chi connectivity index (χ3v) is 7.25. The number of hydrogen-bond acceptors (Lipinski definition) is 5. The van der Waals surface area contributed by atoms with E-state index in [1.165, 1.54) is 22.9 Å². The molecule has 1 aliphatic rings. The summed E-state index contributed by atoms with van der Waals surface area (Å²) in [6, 6.07) is 18.8. The largest absolute Gasteiger partial charge is 0.455 e. The Morgan fingerprint density at radius 2 is 1.73 bits per heavy atom. The number of benzene rings is 3. The molecule has 0 radical (unpaired) electrons. The van der Waals surface area contributed by atoms with E-state index in [1.54, 1.807) is 37.4 Å². The lowest BCUT2D eigenvalue weighted by Crippen LogP contribution is -2.36. The highest BCUT2D eigenvalue weighted by atomic mass is 19.1. The summed E-state index contributed by atoms with van der Waals surface area (Å²) in [4.78, 5) is 43.1. The molecule has 2 N–H and O–H groups in total. The minimum atomic E-state index is -0.585. The van der Waals surface area contributed by atoms with Crippen LogP contribution in [0, 0.1) is 12.7 Å². The Labute approximate surface area is 228 Å². The third kappa shape index (κ3) is 4.45. The standard InChI is InChI=1S/C31H25FN4O4/c1-18-3-5-19(6-4-18)28-27(30(39)33-2)23-15-22(11-12-25(23)40-28)36-17-24(34-16-26(36)37)29(38)35-31(13-14-31)20-7-9-21(32)10-8-20/h3-12,15-17H,13-14H2,1-2H3,(H,33,39)(H,35,38). The van der Waals surface area contributed by atoms with Gasteiger partial charge in [-0.05, 0) is 55.7 Å². The highest BCUT2D eigenvalue weighted by molar-refractivity contribution is 6.11. The number of nitrogens with one attached hydrogen (secondary N) is 2. The van der Waals surface area contributed by atoms with Gasteiger partial charge in [0.05, 0.1) is 17.3 Å². The van der Waals surface area contributed by atoms with Crippen molar-refractivity contribution in [3.05, 3.63) is 118 Å². The van der Waals surface area contributed by atoms with Crippen molar-refractivity contribution in [2.75, 3.05) is 7.05 Å². The van der Waals surface area contributed by atoms with Crippen molar-refractivity contribution in [1.82, 2.24) is 20.2 Å². The first-order valence-corrected chi connectivity index (χ1v) is 12.8. The molecule has 3 aromatic carbocycles. The Morgan fingerprint density at radius 1 is 1.00 bits per heavy atom. The zero-order valence-electron chi connectivity index (χ0n) is 21.8. The number of rotatable bonds is 6. The summed E-state index contributed by atoms with van der Waals surface area (Å²) in [5, 5.41) is 6.19. The van der Waals surface area contributed by atoms with Gasteiger partial charge in [-0.3, -0.25) is 19.0 Å². The average molecular weight is 537 g/mol. The van der Waals surface area contributed by atoms with Crippen LogP contribution in [-0.2, 0) is 5.54 Å². The molecule has 0 aliphatic heterocycles. The quantitative estimate of drug-likeness (QED) is 0.322. The van der Waals surface area contributed by atoms with Crippen LogP contribution in [0.25, 0.3) is 28.0 Å². The van der Waals surface area contributed by atoms with E-state index in [-0.39, 0.29) is 17.4 Å². The summed E-state index contributed by atoms with van der Waals surface area (Å²) in [7, 11) is 1.54. The van der Waals surface area contributed by atoms with Gasteiger partial charge in [-0.15, -0.1) is 0 Å². The van der Waals surface area contributed by atoms with Crippen LogP contribution in [-0.4, -0.2) is 28.4 Å². The van der Waals surface area contributed by atoms with E-state index in [9.17, 15) is 18.8 Å². The van der Waals surface area contributed by atoms with Gasteiger partial charge in [0.15, 0.2) is 0 Å². The highest BCUT2D eigenvalue weighted by Gasteiger charge is 2.46. The van der Waals surface area contributed by atoms with E-state index >= 15 is 0 Å². The average Bonchev–Trinajstić information content (AvgIpc) is 3.64. The second-order valence-electron chi connectivity index (χ2n) is 9.96. The molecular weight excluding hydrogens is 511 g/mol. The molecule has 1 aliphatic carbocycles. The number of carbonyl (C=O) groups is 2. The summed E-state index contributed by atoms with van der Waals surface area (Å²) < 4.78 is 20.8. The number of nitrogens with zero attached hydrogens (tertiary/aromatic N) is 2. The molecule has 9 heteroatoms. The Morgan fingerprint density at radius 3 is 2.40 bits per heavy atom. The predicted molar refractivity (Wildman–Crippen MR) is 148 cm³/mol. The van der Waals surface area contributed by atoms with Crippen LogP contribution >= 0.6 is 0 Å². The van der Waals surface area contributed by atoms with Gasteiger partial charge in [0.1, 0.15) is 22.9 Å². The van der Waals surface area contributed by atoms with Crippen LogP contribution in [0.3, 0.4) is 0 Å². The third-order valence-electron chi connectivity index (χ3n) is 7.25. The maximum absolute atomic E-state index is 13.4. The molecule has 2 aromatic heterocycles. The van der Waals surface area contributed by atoms with Gasteiger partial charge in [-0.25, -0.2) is 9.37 Å². The number of aromatic nitrogens is 2. The normalized spacial score (nSPS) is 13.7. The lowest BCUT2D eigenvalue weighted by Gasteiger charge is -2.18. The molecule has 200 valence electrons. The molecule has 1 saturated carbocycles. The SMILES string of the molecule is CNC(=O)c1c(-c2ccc(C)cc2)oc2ccc(-n3cc(C(=O)NC4(c5ccc(F)cc5)CC4)ncc3=O)cc12. The molecular formula is C31H25FN4O4. The fourth-order valence-electron chi connectivity index (χ4n) is 4.88. The Bertz CT molecular complexity index is 1830. The molecule has 6 rings (SSSR count). The Hall–Kier alpha value is -5.05.